The third-order valence-electron chi connectivity index (χ3n) is 1.71. The Morgan fingerprint density at radius 1 is 1.50 bits per heavy atom. The lowest BCUT2D eigenvalue weighted by molar-refractivity contribution is -0.129. The summed E-state index contributed by atoms with van der Waals surface area (Å²) in [6, 6.07) is 10.3. The number of carbonyl (C=O) groups is 1. The Morgan fingerprint density at radius 3 is 2.71 bits per heavy atom. The molecule has 0 aromatic heterocycles. The number of benzene rings is 1. The second-order valence-electron chi connectivity index (χ2n) is 2.69. The molecular weight excluding hydrogens is 180 g/mol. The molecule has 0 aliphatic carbocycles. The lowest BCUT2D eigenvalue weighted by atomic mass is 10.1. The largest absolute Gasteiger partial charge is 0.378 e. The Labute approximate surface area is 81.8 Å². The molecule has 1 atom stereocenters. The molecule has 1 unspecified atom stereocenters. The van der Waals surface area contributed by atoms with Crippen LogP contribution in [-0.4, -0.2) is 17.6 Å². The molecule has 0 bridgehead atoms. The zero-order valence-electron chi connectivity index (χ0n) is 7.47. The number of hydrogen-bond donors (Lipinski definition) is 2. The van der Waals surface area contributed by atoms with Gasteiger partial charge in [-0.25, -0.2) is 0 Å². The molecule has 1 rings (SSSR count). The first-order valence-electron chi connectivity index (χ1n) is 4.13. The average Bonchev–Trinajstić information content (AvgIpc) is 2.26. The topological polar surface area (TPSA) is 73.1 Å². The molecule has 0 saturated heterocycles. The molecule has 14 heavy (non-hydrogen) atoms. The molecule has 72 valence electrons. The lowest BCUT2D eigenvalue weighted by Crippen LogP contribution is -2.29. The van der Waals surface area contributed by atoms with Gasteiger partial charge in [-0.1, -0.05) is 30.3 Å². The summed E-state index contributed by atoms with van der Waals surface area (Å²) in [7, 11) is 0. The van der Waals surface area contributed by atoms with Gasteiger partial charge in [0, 0.05) is 0 Å². The van der Waals surface area contributed by atoms with Crippen molar-refractivity contribution in [2.24, 2.45) is 0 Å². The minimum absolute atomic E-state index is 0.0945. The highest BCUT2D eigenvalue weighted by Crippen LogP contribution is 2.11. The zero-order valence-corrected chi connectivity index (χ0v) is 7.47. The van der Waals surface area contributed by atoms with E-state index in [0.29, 0.717) is 5.56 Å². The van der Waals surface area contributed by atoms with E-state index in [-0.39, 0.29) is 6.54 Å². The van der Waals surface area contributed by atoms with Gasteiger partial charge >= 0.3 is 0 Å². The quantitative estimate of drug-likeness (QED) is 0.676. The molecule has 0 heterocycles. The van der Waals surface area contributed by atoms with Gasteiger partial charge in [0.05, 0.1) is 6.07 Å². The van der Waals surface area contributed by atoms with Crippen molar-refractivity contribution in [2.45, 2.75) is 6.10 Å². The van der Waals surface area contributed by atoms with E-state index >= 15 is 0 Å². The lowest BCUT2D eigenvalue weighted by Gasteiger charge is -2.09. The molecule has 4 heteroatoms. The van der Waals surface area contributed by atoms with Gasteiger partial charge in [0.2, 0.25) is 0 Å². The standard InChI is InChI=1S/C10H10N2O2/c11-6-7-12-10(14)9(13)8-4-2-1-3-5-8/h1-5,9,13H,7H2,(H,12,14). The zero-order chi connectivity index (χ0) is 10.4. The van der Waals surface area contributed by atoms with E-state index in [1.807, 2.05) is 0 Å². The normalized spacial score (nSPS) is 11.4. The van der Waals surface area contributed by atoms with Crippen LogP contribution in [0.1, 0.15) is 11.7 Å². The van der Waals surface area contributed by atoms with E-state index < -0.39 is 12.0 Å². The first kappa shape index (κ1) is 10.2. The molecule has 2 N–H and O–H groups in total. The average molecular weight is 190 g/mol. The maximum Gasteiger partial charge on any atom is 0.254 e. The number of aliphatic hydroxyl groups is 1. The van der Waals surface area contributed by atoms with Crippen LogP contribution in [0, 0.1) is 11.3 Å². The molecule has 0 radical (unpaired) electrons. The Kier molecular flexibility index (Phi) is 3.65. The Balaban J connectivity index is 2.62. The Hall–Kier alpha value is -1.86. The predicted octanol–water partition coefficient (Wildman–Crippen LogP) is 0.360. The van der Waals surface area contributed by atoms with Gasteiger partial charge in [0.25, 0.3) is 5.91 Å². The first-order chi connectivity index (χ1) is 6.75. The Bertz CT molecular complexity index is 343. The summed E-state index contributed by atoms with van der Waals surface area (Å²) < 4.78 is 0. The molecule has 0 aliphatic rings. The smallest absolute Gasteiger partial charge is 0.254 e. The summed E-state index contributed by atoms with van der Waals surface area (Å²) >= 11 is 0. The second-order valence-corrected chi connectivity index (χ2v) is 2.69. The first-order valence-corrected chi connectivity index (χ1v) is 4.13. The van der Waals surface area contributed by atoms with E-state index in [2.05, 4.69) is 5.32 Å². The summed E-state index contributed by atoms with van der Waals surface area (Å²) in [5.41, 5.74) is 0.517. The highest BCUT2D eigenvalue weighted by atomic mass is 16.3. The summed E-state index contributed by atoms with van der Waals surface area (Å²) in [5, 5.41) is 20.0. The van der Waals surface area contributed by atoms with Crippen LogP contribution < -0.4 is 5.32 Å². The highest BCUT2D eigenvalue weighted by molar-refractivity contribution is 5.82. The molecule has 1 aromatic rings. The van der Waals surface area contributed by atoms with Crippen molar-refractivity contribution in [1.29, 1.82) is 5.26 Å². The minimum Gasteiger partial charge on any atom is -0.378 e. The number of nitrogens with zero attached hydrogens (tertiary/aromatic N) is 1. The van der Waals surface area contributed by atoms with E-state index in [4.69, 9.17) is 5.26 Å². The molecule has 0 spiro atoms. The fraction of sp³-hybridized carbons (Fsp3) is 0.200. The van der Waals surface area contributed by atoms with E-state index in [1.165, 1.54) is 0 Å². The van der Waals surface area contributed by atoms with Crippen LogP contribution >= 0.6 is 0 Å². The SMILES string of the molecule is N#CCNC(=O)C(O)c1ccccc1. The third-order valence-corrected chi connectivity index (χ3v) is 1.71. The van der Waals surface area contributed by atoms with Crippen molar-refractivity contribution >= 4 is 5.91 Å². The van der Waals surface area contributed by atoms with Crippen molar-refractivity contribution < 1.29 is 9.90 Å². The fourth-order valence-electron chi connectivity index (χ4n) is 1.01. The van der Waals surface area contributed by atoms with Gasteiger partial charge in [-0.15, -0.1) is 0 Å². The fourth-order valence-corrected chi connectivity index (χ4v) is 1.01. The van der Waals surface area contributed by atoms with Crippen molar-refractivity contribution in [3.63, 3.8) is 0 Å². The van der Waals surface area contributed by atoms with Crippen LogP contribution in [0.3, 0.4) is 0 Å². The molecule has 0 aliphatic heterocycles. The van der Waals surface area contributed by atoms with Crippen LogP contribution in [0.15, 0.2) is 30.3 Å². The molecule has 4 nitrogen and oxygen atoms in total. The number of carbonyl (C=O) groups excluding carboxylic acids is 1. The summed E-state index contributed by atoms with van der Waals surface area (Å²) in [6.07, 6.45) is -1.20. The monoisotopic (exact) mass is 190 g/mol. The number of nitriles is 1. The Morgan fingerprint density at radius 2 is 2.14 bits per heavy atom. The van der Waals surface area contributed by atoms with Gasteiger partial charge in [-0.05, 0) is 5.56 Å². The number of rotatable bonds is 3. The van der Waals surface area contributed by atoms with Crippen molar-refractivity contribution in [3.8, 4) is 6.07 Å². The number of aliphatic hydroxyl groups excluding tert-OH is 1. The molecule has 1 aromatic carbocycles. The van der Waals surface area contributed by atoms with E-state index in [9.17, 15) is 9.90 Å². The molecule has 0 fully saturated rings. The van der Waals surface area contributed by atoms with Crippen LogP contribution in [0.25, 0.3) is 0 Å². The van der Waals surface area contributed by atoms with Gasteiger partial charge in [-0.3, -0.25) is 4.79 Å². The second kappa shape index (κ2) is 5.00. The van der Waals surface area contributed by atoms with E-state index in [1.54, 1.807) is 36.4 Å². The number of amides is 1. The van der Waals surface area contributed by atoms with Gasteiger partial charge in [0.15, 0.2) is 6.10 Å². The van der Waals surface area contributed by atoms with Crippen LogP contribution in [0.4, 0.5) is 0 Å². The molecule has 1 amide bonds. The van der Waals surface area contributed by atoms with Crippen LogP contribution in [-0.2, 0) is 4.79 Å². The number of hydrogen-bond acceptors (Lipinski definition) is 3. The van der Waals surface area contributed by atoms with Crippen molar-refractivity contribution in [2.75, 3.05) is 6.54 Å². The van der Waals surface area contributed by atoms with Gasteiger partial charge < -0.3 is 10.4 Å². The van der Waals surface area contributed by atoms with Crippen LogP contribution in [0.5, 0.6) is 0 Å². The molecular formula is C10H10N2O2. The van der Waals surface area contributed by atoms with Crippen LogP contribution in [0.2, 0.25) is 0 Å². The van der Waals surface area contributed by atoms with Crippen molar-refractivity contribution in [3.05, 3.63) is 35.9 Å². The van der Waals surface area contributed by atoms with Gasteiger partial charge in [0.1, 0.15) is 6.54 Å². The number of nitrogens with one attached hydrogen (secondary N) is 1. The van der Waals surface area contributed by atoms with E-state index in [0.717, 1.165) is 0 Å². The summed E-state index contributed by atoms with van der Waals surface area (Å²) in [5.74, 6) is -0.558. The minimum atomic E-state index is -1.20. The molecule has 0 saturated carbocycles. The maximum absolute atomic E-state index is 11.2. The highest BCUT2D eigenvalue weighted by Gasteiger charge is 2.15. The summed E-state index contributed by atoms with van der Waals surface area (Å²) in [6.45, 7) is -0.0945. The predicted molar refractivity (Wildman–Crippen MR) is 50.0 cm³/mol. The maximum atomic E-state index is 11.2. The summed E-state index contributed by atoms with van der Waals surface area (Å²) in [4.78, 5) is 11.2. The van der Waals surface area contributed by atoms with Gasteiger partial charge in [-0.2, -0.15) is 5.26 Å². The van der Waals surface area contributed by atoms with Crippen molar-refractivity contribution in [1.82, 2.24) is 5.32 Å². The third kappa shape index (κ3) is 2.57.